The number of methoxy groups -OCH3 is 1. The Morgan fingerprint density at radius 1 is 1.60 bits per heavy atom. The number of carbonyl (C=O) groups is 1. The molecule has 0 saturated carbocycles. The first-order valence-electron chi connectivity index (χ1n) is 7.27. The molecule has 1 aromatic heterocycles. The summed E-state index contributed by atoms with van der Waals surface area (Å²) in [5.74, 6) is 0.720. The van der Waals surface area contributed by atoms with Gasteiger partial charge in [-0.05, 0) is 31.4 Å². The van der Waals surface area contributed by atoms with E-state index in [-0.39, 0.29) is 12.0 Å². The second-order valence-corrected chi connectivity index (χ2v) is 5.08. The SMILES string of the molecule is CCCNc1ncccc1C(=O)N1CCCC(OC)C1. The predicted molar refractivity (Wildman–Crippen MR) is 79.0 cm³/mol. The van der Waals surface area contributed by atoms with Gasteiger partial charge in [0, 0.05) is 32.9 Å². The van der Waals surface area contributed by atoms with Crippen LogP contribution in [0.3, 0.4) is 0 Å². The van der Waals surface area contributed by atoms with Crippen molar-refractivity contribution in [3.8, 4) is 0 Å². The summed E-state index contributed by atoms with van der Waals surface area (Å²) < 4.78 is 5.38. The molecule has 1 unspecified atom stereocenters. The van der Waals surface area contributed by atoms with E-state index in [0.29, 0.717) is 17.9 Å². The van der Waals surface area contributed by atoms with E-state index in [2.05, 4.69) is 17.2 Å². The maximum absolute atomic E-state index is 12.6. The lowest BCUT2D eigenvalue weighted by Gasteiger charge is -2.32. The van der Waals surface area contributed by atoms with Crippen LogP contribution in [0.4, 0.5) is 5.82 Å². The number of nitrogens with zero attached hydrogens (tertiary/aromatic N) is 2. The first kappa shape index (κ1) is 14.8. The van der Waals surface area contributed by atoms with Crippen LogP contribution in [0.1, 0.15) is 36.5 Å². The molecule has 2 heterocycles. The monoisotopic (exact) mass is 277 g/mol. The fourth-order valence-corrected chi connectivity index (χ4v) is 2.45. The van der Waals surface area contributed by atoms with E-state index >= 15 is 0 Å². The molecule has 5 heteroatoms. The number of aromatic nitrogens is 1. The maximum Gasteiger partial charge on any atom is 0.257 e. The highest BCUT2D eigenvalue weighted by molar-refractivity contribution is 5.98. The molecular formula is C15H23N3O2. The summed E-state index contributed by atoms with van der Waals surface area (Å²) in [5, 5.41) is 3.22. The van der Waals surface area contributed by atoms with E-state index < -0.39 is 0 Å². The van der Waals surface area contributed by atoms with Crippen molar-refractivity contribution in [1.82, 2.24) is 9.88 Å². The van der Waals surface area contributed by atoms with Gasteiger partial charge in [0.25, 0.3) is 5.91 Å². The molecule has 20 heavy (non-hydrogen) atoms. The smallest absolute Gasteiger partial charge is 0.257 e. The van der Waals surface area contributed by atoms with Crippen molar-refractivity contribution < 1.29 is 9.53 Å². The zero-order chi connectivity index (χ0) is 14.4. The maximum atomic E-state index is 12.6. The van der Waals surface area contributed by atoms with Crippen molar-refractivity contribution in [2.45, 2.75) is 32.3 Å². The zero-order valence-electron chi connectivity index (χ0n) is 12.3. The van der Waals surface area contributed by atoms with Gasteiger partial charge in [0.2, 0.25) is 0 Å². The van der Waals surface area contributed by atoms with Gasteiger partial charge in [-0.1, -0.05) is 6.92 Å². The van der Waals surface area contributed by atoms with Crippen LogP contribution in [-0.4, -0.2) is 48.6 Å². The summed E-state index contributed by atoms with van der Waals surface area (Å²) in [6, 6.07) is 3.64. The normalized spacial score (nSPS) is 18.9. The van der Waals surface area contributed by atoms with Gasteiger partial charge < -0.3 is 15.0 Å². The van der Waals surface area contributed by atoms with Crippen molar-refractivity contribution in [2.24, 2.45) is 0 Å². The van der Waals surface area contributed by atoms with Gasteiger partial charge in [-0.3, -0.25) is 4.79 Å². The van der Waals surface area contributed by atoms with Gasteiger partial charge in [-0.15, -0.1) is 0 Å². The van der Waals surface area contributed by atoms with E-state index in [1.165, 1.54) is 0 Å². The Morgan fingerprint density at radius 3 is 3.20 bits per heavy atom. The summed E-state index contributed by atoms with van der Waals surface area (Å²) in [4.78, 5) is 18.8. The highest BCUT2D eigenvalue weighted by Gasteiger charge is 2.25. The largest absolute Gasteiger partial charge is 0.380 e. The van der Waals surface area contributed by atoms with Crippen molar-refractivity contribution in [2.75, 3.05) is 32.1 Å². The number of pyridine rings is 1. The Kier molecular flexibility index (Phi) is 5.35. The lowest BCUT2D eigenvalue weighted by molar-refractivity contribution is 0.0269. The molecule has 1 fully saturated rings. The predicted octanol–water partition coefficient (Wildman–Crippen LogP) is 2.15. The van der Waals surface area contributed by atoms with E-state index in [1.54, 1.807) is 13.3 Å². The first-order valence-corrected chi connectivity index (χ1v) is 7.27. The minimum absolute atomic E-state index is 0.0402. The number of nitrogens with one attached hydrogen (secondary N) is 1. The first-order chi connectivity index (χ1) is 9.76. The molecule has 5 nitrogen and oxygen atoms in total. The number of likely N-dealkylation sites (tertiary alicyclic amines) is 1. The van der Waals surface area contributed by atoms with E-state index in [4.69, 9.17) is 4.74 Å². The van der Waals surface area contributed by atoms with Crippen LogP contribution in [0.25, 0.3) is 0 Å². The molecule has 1 aliphatic heterocycles. The number of hydrogen-bond donors (Lipinski definition) is 1. The van der Waals surface area contributed by atoms with Crippen molar-refractivity contribution >= 4 is 11.7 Å². The van der Waals surface area contributed by atoms with E-state index in [9.17, 15) is 4.79 Å². The van der Waals surface area contributed by atoms with Crippen LogP contribution in [0.2, 0.25) is 0 Å². The van der Waals surface area contributed by atoms with Crippen molar-refractivity contribution in [1.29, 1.82) is 0 Å². The number of ether oxygens (including phenoxy) is 1. The number of piperidine rings is 1. The molecule has 1 atom stereocenters. The van der Waals surface area contributed by atoms with Crippen LogP contribution in [0, 0.1) is 0 Å². The second kappa shape index (κ2) is 7.24. The van der Waals surface area contributed by atoms with Gasteiger partial charge in [0.05, 0.1) is 11.7 Å². The molecule has 0 radical (unpaired) electrons. The van der Waals surface area contributed by atoms with Gasteiger partial charge >= 0.3 is 0 Å². The minimum Gasteiger partial charge on any atom is -0.380 e. The molecule has 110 valence electrons. The van der Waals surface area contributed by atoms with E-state index in [1.807, 2.05) is 17.0 Å². The number of hydrogen-bond acceptors (Lipinski definition) is 4. The minimum atomic E-state index is 0.0402. The summed E-state index contributed by atoms with van der Waals surface area (Å²) in [6.07, 6.45) is 4.87. The molecule has 2 rings (SSSR count). The van der Waals surface area contributed by atoms with Crippen molar-refractivity contribution in [3.63, 3.8) is 0 Å². The fraction of sp³-hybridized carbons (Fsp3) is 0.600. The second-order valence-electron chi connectivity index (χ2n) is 5.08. The van der Waals surface area contributed by atoms with Crippen LogP contribution >= 0.6 is 0 Å². The molecular weight excluding hydrogens is 254 g/mol. The van der Waals surface area contributed by atoms with Gasteiger partial charge in [-0.2, -0.15) is 0 Å². The average Bonchev–Trinajstić information content (AvgIpc) is 2.52. The molecule has 1 amide bonds. The zero-order valence-corrected chi connectivity index (χ0v) is 12.3. The number of rotatable bonds is 5. The molecule has 1 N–H and O–H groups in total. The Labute approximate surface area is 120 Å². The molecule has 1 aliphatic rings. The van der Waals surface area contributed by atoms with Crippen molar-refractivity contribution in [3.05, 3.63) is 23.9 Å². The Morgan fingerprint density at radius 2 is 2.45 bits per heavy atom. The molecule has 0 aromatic carbocycles. The molecule has 0 aliphatic carbocycles. The summed E-state index contributed by atoms with van der Waals surface area (Å²) in [6.45, 7) is 4.36. The summed E-state index contributed by atoms with van der Waals surface area (Å²) >= 11 is 0. The topological polar surface area (TPSA) is 54.5 Å². The number of anilines is 1. The van der Waals surface area contributed by atoms with Crippen LogP contribution in [-0.2, 0) is 4.74 Å². The Bertz CT molecular complexity index is 450. The van der Waals surface area contributed by atoms with Crippen LogP contribution < -0.4 is 5.32 Å². The summed E-state index contributed by atoms with van der Waals surface area (Å²) in [5.41, 5.74) is 0.651. The highest BCUT2D eigenvalue weighted by atomic mass is 16.5. The quantitative estimate of drug-likeness (QED) is 0.896. The molecule has 1 aromatic rings. The standard InChI is InChI=1S/C15H23N3O2/c1-3-8-16-14-13(7-4-9-17-14)15(19)18-10-5-6-12(11-18)20-2/h4,7,9,12H,3,5-6,8,10-11H2,1-2H3,(H,16,17). The molecule has 1 saturated heterocycles. The van der Waals surface area contributed by atoms with E-state index in [0.717, 1.165) is 32.4 Å². The number of carbonyl (C=O) groups excluding carboxylic acids is 1. The Hall–Kier alpha value is -1.62. The fourth-order valence-electron chi connectivity index (χ4n) is 2.45. The van der Waals surface area contributed by atoms with Gasteiger partial charge in [0.15, 0.2) is 0 Å². The van der Waals surface area contributed by atoms with Gasteiger partial charge in [0.1, 0.15) is 5.82 Å². The highest BCUT2D eigenvalue weighted by Crippen LogP contribution is 2.19. The lowest BCUT2D eigenvalue weighted by Crippen LogP contribution is -2.43. The lowest BCUT2D eigenvalue weighted by atomic mass is 10.1. The number of amides is 1. The average molecular weight is 277 g/mol. The third-order valence-corrected chi connectivity index (χ3v) is 3.58. The summed E-state index contributed by atoms with van der Waals surface area (Å²) in [7, 11) is 1.71. The molecule has 0 spiro atoms. The third-order valence-electron chi connectivity index (χ3n) is 3.58. The molecule has 0 bridgehead atoms. The Balaban J connectivity index is 2.11. The third kappa shape index (κ3) is 3.48. The van der Waals surface area contributed by atoms with Crippen LogP contribution in [0.15, 0.2) is 18.3 Å². The van der Waals surface area contributed by atoms with Gasteiger partial charge in [-0.25, -0.2) is 4.98 Å². The van der Waals surface area contributed by atoms with Crippen LogP contribution in [0.5, 0.6) is 0 Å².